The fourth-order valence-corrected chi connectivity index (χ4v) is 3.84. The highest BCUT2D eigenvalue weighted by molar-refractivity contribution is 7.93. The normalized spacial score (nSPS) is 16.7. The standard InChI is InChI=1S/C14H22N2O2S/c1-11(2)15-10-12(3)19(17,18)16-9-8-13-6-4-5-7-14(13)16/h4-7,11-12,15H,8-10H2,1-3H3. The van der Waals surface area contributed by atoms with Crippen LogP contribution in [0.25, 0.3) is 0 Å². The molecule has 4 nitrogen and oxygen atoms in total. The number of para-hydroxylation sites is 1. The lowest BCUT2D eigenvalue weighted by Crippen LogP contribution is -2.42. The van der Waals surface area contributed by atoms with Crippen molar-refractivity contribution in [3.05, 3.63) is 29.8 Å². The number of nitrogens with one attached hydrogen (secondary N) is 1. The molecule has 1 aliphatic rings. The quantitative estimate of drug-likeness (QED) is 0.895. The molecule has 0 aromatic heterocycles. The molecule has 0 bridgehead atoms. The van der Waals surface area contributed by atoms with Gasteiger partial charge in [-0.15, -0.1) is 0 Å². The van der Waals surface area contributed by atoms with Crippen molar-refractivity contribution in [3.8, 4) is 0 Å². The zero-order valence-corrected chi connectivity index (χ0v) is 12.6. The van der Waals surface area contributed by atoms with E-state index in [2.05, 4.69) is 5.32 Å². The number of benzene rings is 1. The van der Waals surface area contributed by atoms with Gasteiger partial charge in [-0.3, -0.25) is 4.31 Å². The summed E-state index contributed by atoms with van der Waals surface area (Å²) in [6, 6.07) is 8.04. The molecule has 0 aliphatic carbocycles. The SMILES string of the molecule is CC(C)NCC(C)S(=O)(=O)N1CCc2ccccc21. The van der Waals surface area contributed by atoms with Crippen LogP contribution in [0.5, 0.6) is 0 Å². The number of fused-ring (bicyclic) bond motifs is 1. The fraction of sp³-hybridized carbons (Fsp3) is 0.571. The zero-order chi connectivity index (χ0) is 14.0. The summed E-state index contributed by atoms with van der Waals surface area (Å²) in [6.07, 6.45) is 0.805. The second-order valence-electron chi connectivity index (χ2n) is 5.37. The highest BCUT2D eigenvalue weighted by Crippen LogP contribution is 2.31. The summed E-state index contributed by atoms with van der Waals surface area (Å²) < 4.78 is 26.8. The van der Waals surface area contributed by atoms with Gasteiger partial charge in [0.05, 0.1) is 10.9 Å². The smallest absolute Gasteiger partial charge is 0.239 e. The number of rotatable bonds is 5. The molecule has 2 rings (SSSR count). The molecule has 0 amide bonds. The Kier molecular flexibility index (Phi) is 4.16. The minimum atomic E-state index is -3.28. The third kappa shape index (κ3) is 2.92. The Bertz CT molecular complexity index is 540. The second kappa shape index (κ2) is 5.51. The Balaban J connectivity index is 2.17. The Hall–Kier alpha value is -1.07. The molecular formula is C14H22N2O2S. The van der Waals surface area contributed by atoms with Crippen LogP contribution in [0.15, 0.2) is 24.3 Å². The zero-order valence-electron chi connectivity index (χ0n) is 11.8. The highest BCUT2D eigenvalue weighted by atomic mass is 32.2. The van der Waals surface area contributed by atoms with E-state index in [-0.39, 0.29) is 0 Å². The summed E-state index contributed by atoms with van der Waals surface area (Å²) in [5.74, 6) is 0. The van der Waals surface area contributed by atoms with Crippen LogP contribution in [0.4, 0.5) is 5.69 Å². The molecule has 1 unspecified atom stereocenters. The molecule has 0 spiro atoms. The van der Waals surface area contributed by atoms with Gasteiger partial charge in [0.15, 0.2) is 0 Å². The fourth-order valence-electron chi connectivity index (χ4n) is 2.30. The minimum Gasteiger partial charge on any atom is -0.313 e. The number of sulfonamides is 1. The molecule has 0 saturated heterocycles. The van der Waals surface area contributed by atoms with Crippen LogP contribution in [0.2, 0.25) is 0 Å². The van der Waals surface area contributed by atoms with E-state index in [1.807, 2.05) is 38.1 Å². The Morgan fingerprint density at radius 1 is 1.26 bits per heavy atom. The molecule has 1 heterocycles. The van der Waals surface area contributed by atoms with Crippen LogP contribution < -0.4 is 9.62 Å². The summed E-state index contributed by atoms with van der Waals surface area (Å²) in [5, 5.41) is 2.78. The average molecular weight is 282 g/mol. The predicted molar refractivity (Wildman–Crippen MR) is 79.0 cm³/mol. The van der Waals surface area contributed by atoms with E-state index in [1.165, 1.54) is 0 Å². The molecule has 106 valence electrons. The van der Waals surface area contributed by atoms with Crippen LogP contribution >= 0.6 is 0 Å². The summed E-state index contributed by atoms with van der Waals surface area (Å²) in [6.45, 7) is 6.85. The van der Waals surface area contributed by atoms with Crippen LogP contribution in [-0.2, 0) is 16.4 Å². The number of nitrogens with zero attached hydrogens (tertiary/aromatic N) is 1. The summed E-state index contributed by atoms with van der Waals surface area (Å²) in [7, 11) is -3.28. The number of anilines is 1. The van der Waals surface area contributed by atoms with E-state index >= 15 is 0 Å². The Labute approximate surface area is 115 Å². The van der Waals surface area contributed by atoms with Gasteiger partial charge in [-0.2, -0.15) is 0 Å². The van der Waals surface area contributed by atoms with Crippen LogP contribution in [0, 0.1) is 0 Å². The first-order chi connectivity index (χ1) is 8.93. The van der Waals surface area contributed by atoms with Crippen LogP contribution in [0.1, 0.15) is 26.3 Å². The lowest BCUT2D eigenvalue weighted by atomic mass is 10.2. The summed E-state index contributed by atoms with van der Waals surface area (Å²) in [5.41, 5.74) is 1.97. The van der Waals surface area contributed by atoms with E-state index in [1.54, 1.807) is 11.2 Å². The molecule has 5 heteroatoms. The molecular weight excluding hydrogens is 260 g/mol. The first-order valence-corrected chi connectivity index (χ1v) is 8.26. The lowest BCUT2D eigenvalue weighted by Gasteiger charge is -2.24. The number of hydrogen-bond donors (Lipinski definition) is 1. The van der Waals surface area contributed by atoms with Crippen molar-refractivity contribution in [2.24, 2.45) is 0 Å². The first kappa shape index (κ1) is 14.3. The van der Waals surface area contributed by atoms with Gasteiger partial charge >= 0.3 is 0 Å². The first-order valence-electron chi connectivity index (χ1n) is 6.75. The third-order valence-corrected chi connectivity index (χ3v) is 5.65. The van der Waals surface area contributed by atoms with Crippen molar-refractivity contribution in [2.45, 2.75) is 38.5 Å². The van der Waals surface area contributed by atoms with Crippen molar-refractivity contribution in [3.63, 3.8) is 0 Å². The molecule has 0 saturated carbocycles. The monoisotopic (exact) mass is 282 g/mol. The van der Waals surface area contributed by atoms with Crippen LogP contribution in [0.3, 0.4) is 0 Å². The molecule has 1 aromatic rings. The average Bonchev–Trinajstić information content (AvgIpc) is 2.80. The van der Waals surface area contributed by atoms with E-state index in [9.17, 15) is 8.42 Å². The van der Waals surface area contributed by atoms with Gasteiger partial charge in [0.1, 0.15) is 0 Å². The van der Waals surface area contributed by atoms with Gasteiger partial charge in [-0.1, -0.05) is 32.0 Å². The van der Waals surface area contributed by atoms with Crippen molar-refractivity contribution in [2.75, 3.05) is 17.4 Å². The molecule has 1 N–H and O–H groups in total. The molecule has 19 heavy (non-hydrogen) atoms. The van der Waals surface area contributed by atoms with Crippen molar-refractivity contribution >= 4 is 15.7 Å². The van der Waals surface area contributed by atoms with Crippen LogP contribution in [-0.4, -0.2) is 32.8 Å². The maximum atomic E-state index is 12.6. The second-order valence-corrected chi connectivity index (χ2v) is 7.64. The largest absolute Gasteiger partial charge is 0.313 e. The molecule has 1 atom stereocenters. The Morgan fingerprint density at radius 2 is 1.95 bits per heavy atom. The van der Waals surface area contributed by atoms with Gasteiger partial charge < -0.3 is 5.32 Å². The minimum absolute atomic E-state index is 0.295. The maximum Gasteiger partial charge on any atom is 0.239 e. The maximum absolute atomic E-state index is 12.6. The summed E-state index contributed by atoms with van der Waals surface area (Å²) >= 11 is 0. The van der Waals surface area contributed by atoms with Gasteiger partial charge in [0.2, 0.25) is 10.0 Å². The lowest BCUT2D eigenvalue weighted by molar-refractivity contribution is 0.548. The topological polar surface area (TPSA) is 49.4 Å². The van der Waals surface area contributed by atoms with Gasteiger partial charge in [0, 0.05) is 19.1 Å². The van der Waals surface area contributed by atoms with E-state index < -0.39 is 15.3 Å². The van der Waals surface area contributed by atoms with Gasteiger partial charge in [-0.05, 0) is 25.0 Å². The predicted octanol–water partition coefficient (Wildman–Crippen LogP) is 1.77. The van der Waals surface area contributed by atoms with E-state index in [0.717, 1.165) is 17.7 Å². The molecule has 0 fully saturated rings. The van der Waals surface area contributed by atoms with Gasteiger partial charge in [-0.25, -0.2) is 8.42 Å². The summed E-state index contributed by atoms with van der Waals surface area (Å²) in [4.78, 5) is 0. The van der Waals surface area contributed by atoms with Gasteiger partial charge in [0.25, 0.3) is 0 Å². The van der Waals surface area contributed by atoms with Crippen molar-refractivity contribution in [1.82, 2.24) is 5.32 Å². The van der Waals surface area contributed by atoms with E-state index in [4.69, 9.17) is 0 Å². The highest BCUT2D eigenvalue weighted by Gasteiger charge is 2.33. The van der Waals surface area contributed by atoms with E-state index in [0.29, 0.717) is 19.1 Å². The van der Waals surface area contributed by atoms with Crippen molar-refractivity contribution in [1.29, 1.82) is 0 Å². The molecule has 1 aliphatic heterocycles. The van der Waals surface area contributed by atoms with Crippen molar-refractivity contribution < 1.29 is 8.42 Å². The Morgan fingerprint density at radius 3 is 2.63 bits per heavy atom. The molecule has 1 aromatic carbocycles. The third-order valence-electron chi connectivity index (χ3n) is 3.47. The molecule has 0 radical (unpaired) electrons. The number of hydrogen-bond acceptors (Lipinski definition) is 3.